The quantitative estimate of drug-likeness (QED) is 0.853. The van der Waals surface area contributed by atoms with E-state index in [-0.39, 0.29) is 5.78 Å². The maximum Gasteiger partial charge on any atom is 0.309 e. The van der Waals surface area contributed by atoms with E-state index in [0.717, 1.165) is 5.56 Å². The fraction of sp³-hybridized carbons (Fsp3) is 0.312. The molecule has 1 saturated heterocycles. The SMILES string of the molecule is O=C(O)[C@@H]1[C@@H](C(=O)O)[C@@H]2C(=O)C=C[C@H]1N2Cc1ccccc1. The summed E-state index contributed by atoms with van der Waals surface area (Å²) in [6.07, 6.45) is 2.83. The number of carbonyl (C=O) groups is 3. The number of hydrogen-bond donors (Lipinski definition) is 2. The Hall–Kier alpha value is -2.47. The van der Waals surface area contributed by atoms with E-state index in [2.05, 4.69) is 0 Å². The van der Waals surface area contributed by atoms with Crippen molar-refractivity contribution >= 4 is 17.7 Å². The molecule has 3 rings (SSSR count). The van der Waals surface area contributed by atoms with E-state index in [1.54, 1.807) is 4.90 Å². The summed E-state index contributed by atoms with van der Waals surface area (Å²) in [5.74, 6) is -5.11. The maximum atomic E-state index is 12.2. The number of carboxylic acids is 2. The molecule has 1 aromatic carbocycles. The van der Waals surface area contributed by atoms with Crippen molar-refractivity contribution in [2.24, 2.45) is 11.8 Å². The number of benzene rings is 1. The molecule has 0 aromatic heterocycles. The average molecular weight is 301 g/mol. The van der Waals surface area contributed by atoms with Gasteiger partial charge in [0.15, 0.2) is 5.78 Å². The zero-order chi connectivity index (χ0) is 15.9. The summed E-state index contributed by atoms with van der Waals surface area (Å²) in [6, 6.07) is 7.79. The van der Waals surface area contributed by atoms with Gasteiger partial charge >= 0.3 is 11.9 Å². The van der Waals surface area contributed by atoms with Crippen LogP contribution in [-0.4, -0.2) is 44.9 Å². The first-order valence-corrected chi connectivity index (χ1v) is 6.98. The fourth-order valence-corrected chi connectivity index (χ4v) is 3.46. The van der Waals surface area contributed by atoms with Crippen molar-refractivity contribution in [2.45, 2.75) is 18.6 Å². The molecule has 0 spiro atoms. The molecule has 6 nitrogen and oxygen atoms in total. The first-order valence-electron chi connectivity index (χ1n) is 6.98. The minimum atomic E-state index is -1.24. The molecule has 1 aromatic rings. The summed E-state index contributed by atoms with van der Waals surface area (Å²) < 4.78 is 0. The van der Waals surface area contributed by atoms with Gasteiger partial charge in [0.25, 0.3) is 0 Å². The van der Waals surface area contributed by atoms with Crippen LogP contribution in [0.3, 0.4) is 0 Å². The Bertz CT molecular complexity index is 654. The zero-order valence-electron chi connectivity index (χ0n) is 11.6. The standard InChI is InChI=1S/C16H15NO5/c18-11-7-6-10-12(15(19)20)13(16(21)22)14(11)17(10)8-9-4-2-1-3-5-9/h1-7,10,12-14H,8H2,(H,19,20)(H,21,22)/t10-,12+,13-,14+/m1/s1. The third-order valence-corrected chi connectivity index (χ3v) is 4.36. The average Bonchev–Trinajstić information content (AvgIpc) is 2.71. The molecular weight excluding hydrogens is 286 g/mol. The highest BCUT2D eigenvalue weighted by atomic mass is 16.4. The first-order chi connectivity index (χ1) is 10.5. The molecule has 1 fully saturated rings. The number of hydrogen-bond acceptors (Lipinski definition) is 4. The van der Waals surface area contributed by atoms with Crippen molar-refractivity contribution in [3.63, 3.8) is 0 Å². The Labute approximate surface area is 126 Å². The van der Waals surface area contributed by atoms with Crippen molar-refractivity contribution in [2.75, 3.05) is 0 Å². The predicted molar refractivity (Wildman–Crippen MR) is 76.0 cm³/mol. The van der Waals surface area contributed by atoms with Crippen molar-refractivity contribution < 1.29 is 24.6 Å². The monoisotopic (exact) mass is 301 g/mol. The maximum absolute atomic E-state index is 12.2. The number of carboxylic acid groups (broad SMARTS) is 2. The Morgan fingerprint density at radius 3 is 2.27 bits per heavy atom. The molecule has 2 bridgehead atoms. The number of nitrogens with zero attached hydrogens (tertiary/aromatic N) is 1. The van der Waals surface area contributed by atoms with Gasteiger partial charge in [0.1, 0.15) is 0 Å². The van der Waals surface area contributed by atoms with Crippen LogP contribution in [0.2, 0.25) is 0 Å². The fourth-order valence-electron chi connectivity index (χ4n) is 3.46. The van der Waals surface area contributed by atoms with E-state index in [1.807, 2.05) is 30.3 Å². The second-order valence-corrected chi connectivity index (χ2v) is 5.58. The summed E-state index contributed by atoms with van der Waals surface area (Å²) in [6.45, 7) is 0.347. The van der Waals surface area contributed by atoms with Gasteiger partial charge in [-0.05, 0) is 11.6 Å². The Balaban J connectivity index is 2.00. The Morgan fingerprint density at radius 2 is 1.68 bits per heavy atom. The van der Waals surface area contributed by atoms with Gasteiger partial charge in [-0.2, -0.15) is 0 Å². The van der Waals surface area contributed by atoms with Crippen LogP contribution in [0.25, 0.3) is 0 Å². The number of rotatable bonds is 4. The molecular formula is C16H15NO5. The smallest absolute Gasteiger partial charge is 0.309 e. The van der Waals surface area contributed by atoms with Crippen molar-refractivity contribution in [1.29, 1.82) is 0 Å². The molecule has 22 heavy (non-hydrogen) atoms. The van der Waals surface area contributed by atoms with E-state index in [9.17, 15) is 24.6 Å². The molecule has 0 amide bonds. The van der Waals surface area contributed by atoms with Crippen LogP contribution < -0.4 is 0 Å². The van der Waals surface area contributed by atoms with Gasteiger partial charge in [-0.1, -0.05) is 36.4 Å². The van der Waals surface area contributed by atoms with Crippen molar-refractivity contribution in [3.8, 4) is 0 Å². The number of aliphatic carboxylic acids is 2. The minimum Gasteiger partial charge on any atom is -0.481 e. The summed E-state index contributed by atoms with van der Waals surface area (Å²) in [5.41, 5.74) is 0.913. The topological polar surface area (TPSA) is 94.9 Å². The zero-order valence-corrected chi connectivity index (χ0v) is 11.6. The molecule has 0 aliphatic carbocycles. The summed E-state index contributed by atoms with van der Waals surface area (Å²) >= 11 is 0. The molecule has 2 heterocycles. The first kappa shape index (κ1) is 14.5. The Kier molecular flexibility index (Phi) is 3.54. The van der Waals surface area contributed by atoms with Crippen molar-refractivity contribution in [1.82, 2.24) is 4.90 Å². The number of fused-ring (bicyclic) bond motifs is 2. The predicted octanol–water partition coefficient (Wildman–Crippen LogP) is 0.780. The van der Waals surface area contributed by atoms with E-state index >= 15 is 0 Å². The molecule has 2 aliphatic heterocycles. The molecule has 4 atom stereocenters. The van der Waals surface area contributed by atoms with E-state index in [4.69, 9.17) is 0 Å². The van der Waals surface area contributed by atoms with Gasteiger partial charge in [0.05, 0.1) is 17.9 Å². The lowest BCUT2D eigenvalue weighted by Gasteiger charge is -2.31. The highest BCUT2D eigenvalue weighted by molar-refractivity contribution is 6.01. The van der Waals surface area contributed by atoms with Gasteiger partial charge in [0.2, 0.25) is 0 Å². The molecule has 0 saturated carbocycles. The lowest BCUT2D eigenvalue weighted by Crippen LogP contribution is -2.45. The minimum absolute atomic E-state index is 0.344. The third kappa shape index (κ3) is 2.21. The number of carbonyl (C=O) groups excluding carboxylic acids is 1. The van der Waals surface area contributed by atoms with Crippen LogP contribution in [0.4, 0.5) is 0 Å². The molecule has 0 radical (unpaired) electrons. The van der Waals surface area contributed by atoms with Crippen LogP contribution in [0, 0.1) is 11.8 Å². The summed E-state index contributed by atoms with van der Waals surface area (Å²) in [4.78, 5) is 36.9. The van der Waals surface area contributed by atoms with Crippen molar-refractivity contribution in [3.05, 3.63) is 48.0 Å². The lowest BCUT2D eigenvalue weighted by atomic mass is 9.88. The second kappa shape index (κ2) is 5.38. The third-order valence-electron chi connectivity index (χ3n) is 4.36. The van der Waals surface area contributed by atoms with E-state index in [1.165, 1.54) is 12.2 Å². The van der Waals surface area contributed by atoms with Gasteiger partial charge in [-0.3, -0.25) is 19.3 Å². The molecule has 114 valence electrons. The highest BCUT2D eigenvalue weighted by Gasteiger charge is 2.58. The highest BCUT2D eigenvalue weighted by Crippen LogP contribution is 2.41. The summed E-state index contributed by atoms with van der Waals surface area (Å²) in [7, 11) is 0. The van der Waals surface area contributed by atoms with Crippen LogP contribution in [-0.2, 0) is 20.9 Å². The number of ketones is 1. The van der Waals surface area contributed by atoms with Gasteiger partial charge in [-0.15, -0.1) is 0 Å². The lowest BCUT2D eigenvalue weighted by molar-refractivity contribution is -0.153. The van der Waals surface area contributed by atoms with Crippen LogP contribution in [0.1, 0.15) is 5.56 Å². The summed E-state index contributed by atoms with van der Waals surface area (Å²) in [5, 5.41) is 18.8. The van der Waals surface area contributed by atoms with Gasteiger partial charge in [0, 0.05) is 12.6 Å². The molecule has 6 heteroatoms. The van der Waals surface area contributed by atoms with E-state index < -0.39 is 35.9 Å². The van der Waals surface area contributed by atoms with E-state index in [0.29, 0.717) is 6.54 Å². The molecule has 2 N–H and O–H groups in total. The molecule has 2 aliphatic rings. The van der Waals surface area contributed by atoms with Gasteiger partial charge in [-0.25, -0.2) is 0 Å². The van der Waals surface area contributed by atoms with Gasteiger partial charge < -0.3 is 10.2 Å². The largest absolute Gasteiger partial charge is 0.481 e. The van der Waals surface area contributed by atoms with Crippen LogP contribution >= 0.6 is 0 Å². The van der Waals surface area contributed by atoms with Crippen LogP contribution in [0.5, 0.6) is 0 Å². The second-order valence-electron chi connectivity index (χ2n) is 5.58. The molecule has 0 unspecified atom stereocenters. The van der Waals surface area contributed by atoms with Crippen LogP contribution in [0.15, 0.2) is 42.5 Å². The Morgan fingerprint density at radius 1 is 1.05 bits per heavy atom. The normalized spacial score (nSPS) is 30.5.